The first-order chi connectivity index (χ1) is 18.4. The van der Waals surface area contributed by atoms with E-state index >= 15 is 0 Å². The van der Waals surface area contributed by atoms with Gasteiger partial charge in [0.1, 0.15) is 36.4 Å². The van der Waals surface area contributed by atoms with Crippen LogP contribution in [0.25, 0.3) is 6.08 Å². The number of nitrogens with one attached hydrogen (secondary N) is 1. The van der Waals surface area contributed by atoms with Crippen molar-refractivity contribution in [2.45, 2.75) is 27.1 Å². The van der Waals surface area contributed by atoms with Crippen molar-refractivity contribution in [3.8, 4) is 17.6 Å². The van der Waals surface area contributed by atoms with E-state index in [2.05, 4.69) is 53.3 Å². The summed E-state index contributed by atoms with van der Waals surface area (Å²) in [6.07, 6.45) is 1.55. The Labute approximate surface area is 231 Å². The molecule has 4 rings (SSSR count). The number of benzene rings is 4. The van der Waals surface area contributed by atoms with Crippen LogP contribution in [0.2, 0.25) is 0 Å². The second-order valence-electron chi connectivity index (χ2n) is 8.84. The van der Waals surface area contributed by atoms with Gasteiger partial charge in [-0.2, -0.15) is 5.26 Å². The zero-order chi connectivity index (χ0) is 26.9. The Balaban J connectivity index is 1.31. The quantitative estimate of drug-likeness (QED) is 0.166. The summed E-state index contributed by atoms with van der Waals surface area (Å²) in [5, 5.41) is 12.3. The van der Waals surface area contributed by atoms with E-state index in [1.165, 1.54) is 11.1 Å². The van der Waals surface area contributed by atoms with E-state index < -0.39 is 5.91 Å². The van der Waals surface area contributed by atoms with Gasteiger partial charge in [-0.15, -0.1) is 0 Å². The van der Waals surface area contributed by atoms with Crippen molar-refractivity contribution in [2.75, 3.05) is 5.32 Å². The van der Waals surface area contributed by atoms with Crippen LogP contribution in [0.3, 0.4) is 0 Å². The molecule has 38 heavy (non-hydrogen) atoms. The third-order valence-electron chi connectivity index (χ3n) is 5.96. The number of halogens is 1. The Morgan fingerprint density at radius 2 is 1.39 bits per heavy atom. The lowest BCUT2D eigenvalue weighted by molar-refractivity contribution is -0.112. The van der Waals surface area contributed by atoms with Gasteiger partial charge in [0.25, 0.3) is 5.91 Å². The topological polar surface area (TPSA) is 71.3 Å². The summed E-state index contributed by atoms with van der Waals surface area (Å²) in [5.74, 6) is 0.915. The van der Waals surface area contributed by atoms with E-state index in [4.69, 9.17) is 9.47 Å². The minimum absolute atomic E-state index is 0.00404. The van der Waals surface area contributed by atoms with Crippen molar-refractivity contribution in [2.24, 2.45) is 0 Å². The van der Waals surface area contributed by atoms with Gasteiger partial charge in [0.05, 0.1) is 0 Å². The number of nitrogens with zero attached hydrogens (tertiary/aromatic N) is 1. The largest absolute Gasteiger partial charge is 0.489 e. The number of hydrogen-bond acceptors (Lipinski definition) is 4. The molecule has 4 aromatic rings. The predicted molar refractivity (Wildman–Crippen MR) is 154 cm³/mol. The molecule has 4 aromatic carbocycles. The molecule has 0 aliphatic carbocycles. The van der Waals surface area contributed by atoms with Crippen molar-refractivity contribution in [3.05, 3.63) is 129 Å². The van der Waals surface area contributed by atoms with Gasteiger partial charge in [0, 0.05) is 10.2 Å². The number of ether oxygens (including phenoxy) is 2. The van der Waals surface area contributed by atoms with Gasteiger partial charge in [-0.1, -0.05) is 58.4 Å². The highest BCUT2D eigenvalue weighted by Crippen LogP contribution is 2.20. The Hall–Kier alpha value is -4.34. The molecule has 0 fully saturated rings. The van der Waals surface area contributed by atoms with E-state index in [9.17, 15) is 10.1 Å². The highest BCUT2D eigenvalue weighted by Gasteiger charge is 2.10. The lowest BCUT2D eigenvalue weighted by Crippen LogP contribution is -2.13. The van der Waals surface area contributed by atoms with Gasteiger partial charge in [0.2, 0.25) is 0 Å². The average Bonchev–Trinajstić information content (AvgIpc) is 2.93. The third-order valence-corrected chi connectivity index (χ3v) is 6.49. The van der Waals surface area contributed by atoms with Gasteiger partial charge < -0.3 is 14.8 Å². The minimum atomic E-state index is -0.480. The molecule has 0 heterocycles. The van der Waals surface area contributed by atoms with Crippen molar-refractivity contribution in [3.63, 3.8) is 0 Å². The van der Waals surface area contributed by atoms with E-state index in [1.54, 1.807) is 30.3 Å². The van der Waals surface area contributed by atoms with Crippen LogP contribution < -0.4 is 14.8 Å². The smallest absolute Gasteiger partial charge is 0.266 e. The molecule has 0 bridgehead atoms. The number of carbonyl (C=O) groups excluding carboxylic acids is 1. The molecule has 1 N–H and O–H groups in total. The van der Waals surface area contributed by atoms with Crippen molar-refractivity contribution in [1.82, 2.24) is 0 Å². The normalized spacial score (nSPS) is 10.9. The number of rotatable bonds is 9. The first kappa shape index (κ1) is 26.7. The Bertz CT molecular complexity index is 1470. The van der Waals surface area contributed by atoms with Crippen LogP contribution in [-0.4, -0.2) is 5.91 Å². The molecular weight excluding hydrogens is 540 g/mol. The molecule has 0 aliphatic rings. The summed E-state index contributed by atoms with van der Waals surface area (Å²) < 4.78 is 12.7. The molecule has 0 radical (unpaired) electrons. The maximum atomic E-state index is 12.7. The number of carbonyl (C=O) groups is 1. The molecule has 1 amide bonds. The predicted octanol–water partition coefficient (Wildman–Crippen LogP) is 7.77. The van der Waals surface area contributed by atoms with E-state index in [0.717, 1.165) is 21.2 Å². The fourth-order valence-corrected chi connectivity index (χ4v) is 3.88. The van der Waals surface area contributed by atoms with Crippen molar-refractivity contribution in [1.29, 1.82) is 5.26 Å². The third kappa shape index (κ3) is 7.58. The van der Waals surface area contributed by atoms with Crippen LogP contribution >= 0.6 is 15.9 Å². The van der Waals surface area contributed by atoms with Gasteiger partial charge in [-0.05, 0) is 96.3 Å². The fourth-order valence-electron chi connectivity index (χ4n) is 3.62. The molecule has 6 heteroatoms. The van der Waals surface area contributed by atoms with Gasteiger partial charge in [-0.3, -0.25) is 4.79 Å². The second kappa shape index (κ2) is 12.8. The number of aryl methyl sites for hydroxylation is 2. The van der Waals surface area contributed by atoms with Gasteiger partial charge >= 0.3 is 0 Å². The fraction of sp³-hybridized carbons (Fsp3) is 0.125. The maximum absolute atomic E-state index is 12.7. The molecular formula is C32H27BrN2O3. The lowest BCUT2D eigenvalue weighted by atomic mass is 10.1. The summed E-state index contributed by atoms with van der Waals surface area (Å²) in [4.78, 5) is 12.7. The maximum Gasteiger partial charge on any atom is 0.266 e. The highest BCUT2D eigenvalue weighted by atomic mass is 79.9. The highest BCUT2D eigenvalue weighted by molar-refractivity contribution is 9.10. The number of nitriles is 1. The monoisotopic (exact) mass is 566 g/mol. The summed E-state index contributed by atoms with van der Waals surface area (Å²) in [6, 6.07) is 30.5. The van der Waals surface area contributed by atoms with Crippen LogP contribution in [0, 0.1) is 25.2 Å². The molecule has 0 aliphatic heterocycles. The van der Waals surface area contributed by atoms with E-state index in [-0.39, 0.29) is 5.57 Å². The number of anilines is 1. The lowest BCUT2D eigenvalue weighted by Gasteiger charge is -2.09. The van der Waals surface area contributed by atoms with Crippen molar-refractivity contribution < 1.29 is 14.3 Å². The molecule has 0 spiro atoms. The Morgan fingerprint density at radius 1 is 0.816 bits per heavy atom. The van der Waals surface area contributed by atoms with Gasteiger partial charge in [-0.25, -0.2) is 0 Å². The Morgan fingerprint density at radius 3 is 2.00 bits per heavy atom. The molecule has 0 aromatic heterocycles. The SMILES string of the molecule is Cc1ccc(COc2ccc(/C=C(\C#N)C(=O)Nc3ccc(OCc4ccc(Br)cc4)cc3)cc2)cc1C. The molecule has 0 unspecified atom stereocenters. The van der Waals surface area contributed by atoms with Crippen LogP contribution in [0.15, 0.2) is 101 Å². The van der Waals surface area contributed by atoms with Crippen molar-refractivity contribution >= 4 is 33.6 Å². The van der Waals surface area contributed by atoms with E-state index in [0.29, 0.717) is 30.4 Å². The van der Waals surface area contributed by atoms with Crippen LogP contribution in [0.4, 0.5) is 5.69 Å². The van der Waals surface area contributed by atoms with E-state index in [1.807, 2.05) is 54.6 Å². The molecule has 0 atom stereocenters. The second-order valence-corrected chi connectivity index (χ2v) is 9.76. The average molecular weight is 567 g/mol. The zero-order valence-corrected chi connectivity index (χ0v) is 22.8. The number of hydrogen-bond donors (Lipinski definition) is 1. The summed E-state index contributed by atoms with van der Waals surface area (Å²) in [7, 11) is 0. The summed E-state index contributed by atoms with van der Waals surface area (Å²) in [5.41, 5.74) is 5.94. The van der Waals surface area contributed by atoms with Crippen LogP contribution in [0.1, 0.15) is 27.8 Å². The van der Waals surface area contributed by atoms with Crippen LogP contribution in [0.5, 0.6) is 11.5 Å². The summed E-state index contributed by atoms with van der Waals surface area (Å²) >= 11 is 3.42. The molecule has 0 saturated heterocycles. The summed E-state index contributed by atoms with van der Waals surface area (Å²) in [6.45, 7) is 5.07. The molecule has 190 valence electrons. The van der Waals surface area contributed by atoms with Gasteiger partial charge in [0.15, 0.2) is 0 Å². The standard InChI is InChI=1S/C32H27BrN2O3/c1-22-3-4-26(17-23(22)2)21-38-30-13-7-24(8-14-30)18-27(19-34)32(36)35-29-11-15-31(16-12-29)37-20-25-5-9-28(33)10-6-25/h3-18H,20-21H2,1-2H3,(H,35,36)/b27-18+. The number of amides is 1. The zero-order valence-electron chi connectivity index (χ0n) is 21.2. The molecule has 5 nitrogen and oxygen atoms in total. The Kier molecular flexibility index (Phi) is 8.97. The molecule has 0 saturated carbocycles. The first-order valence-corrected chi connectivity index (χ1v) is 12.9. The first-order valence-electron chi connectivity index (χ1n) is 12.1. The minimum Gasteiger partial charge on any atom is -0.489 e. The van der Waals surface area contributed by atoms with Crippen LogP contribution in [-0.2, 0) is 18.0 Å².